The van der Waals surface area contributed by atoms with E-state index in [1.165, 1.54) is 0 Å². The van der Waals surface area contributed by atoms with Crippen molar-refractivity contribution in [2.24, 2.45) is 0 Å². The number of nitrogens with zero attached hydrogens (tertiary/aromatic N) is 2. The fraction of sp³-hybridized carbons (Fsp3) is 0.667. The van der Waals surface area contributed by atoms with Gasteiger partial charge >= 0.3 is 0 Å². The van der Waals surface area contributed by atoms with Crippen LogP contribution in [0.15, 0.2) is 6.07 Å². The second kappa shape index (κ2) is 7.18. The van der Waals surface area contributed by atoms with Gasteiger partial charge in [0.1, 0.15) is 18.3 Å². The Morgan fingerprint density at radius 1 is 1.22 bits per heavy atom. The molecule has 5 rings (SSSR count). The SMILES string of the molecule is O[C@@H]1CO[C@H]2[C@@H]1OC[C@H]2Oc1nc2nc(CCC3CCCO3)c(Cl)cc2[nH]1. The highest BCUT2D eigenvalue weighted by atomic mass is 35.5. The number of ether oxygens (including phenoxy) is 4. The number of aryl methyl sites for hydroxylation is 1. The third-order valence-electron chi connectivity index (χ3n) is 5.45. The van der Waals surface area contributed by atoms with Crippen LogP contribution in [0.1, 0.15) is 25.0 Å². The first-order valence-corrected chi connectivity index (χ1v) is 9.80. The number of fused-ring (bicyclic) bond motifs is 2. The van der Waals surface area contributed by atoms with Gasteiger partial charge in [0, 0.05) is 6.61 Å². The van der Waals surface area contributed by atoms with E-state index in [0.29, 0.717) is 29.4 Å². The van der Waals surface area contributed by atoms with E-state index in [-0.39, 0.29) is 24.9 Å². The molecule has 1 unspecified atom stereocenters. The summed E-state index contributed by atoms with van der Waals surface area (Å²) in [6.45, 7) is 1.46. The first-order chi connectivity index (χ1) is 13.2. The summed E-state index contributed by atoms with van der Waals surface area (Å²) in [5, 5.41) is 10.4. The first kappa shape index (κ1) is 17.6. The van der Waals surface area contributed by atoms with E-state index in [1.807, 2.05) is 6.07 Å². The van der Waals surface area contributed by atoms with E-state index in [0.717, 1.165) is 43.5 Å². The zero-order valence-electron chi connectivity index (χ0n) is 14.8. The minimum atomic E-state index is -0.605. The van der Waals surface area contributed by atoms with Crippen molar-refractivity contribution in [2.75, 3.05) is 19.8 Å². The second-order valence-electron chi connectivity index (χ2n) is 7.32. The van der Waals surface area contributed by atoms with Gasteiger partial charge in [-0.25, -0.2) is 4.98 Å². The van der Waals surface area contributed by atoms with Crippen LogP contribution < -0.4 is 4.74 Å². The minimum absolute atomic E-state index is 0.264. The quantitative estimate of drug-likeness (QED) is 0.793. The summed E-state index contributed by atoms with van der Waals surface area (Å²) in [5.74, 6) is 0. The summed E-state index contributed by atoms with van der Waals surface area (Å²) in [4.78, 5) is 12.1. The summed E-state index contributed by atoms with van der Waals surface area (Å²) in [6.07, 6.45) is 2.65. The molecule has 146 valence electrons. The number of aromatic nitrogens is 3. The number of aromatic amines is 1. The molecule has 5 heterocycles. The fourth-order valence-electron chi connectivity index (χ4n) is 4.02. The third-order valence-corrected chi connectivity index (χ3v) is 5.78. The molecule has 0 aliphatic carbocycles. The van der Waals surface area contributed by atoms with Crippen molar-refractivity contribution in [1.29, 1.82) is 0 Å². The van der Waals surface area contributed by atoms with Crippen LogP contribution in [-0.4, -0.2) is 70.4 Å². The number of halogens is 1. The molecule has 27 heavy (non-hydrogen) atoms. The number of imidazole rings is 1. The second-order valence-corrected chi connectivity index (χ2v) is 7.73. The number of H-pyrrole nitrogens is 1. The van der Waals surface area contributed by atoms with E-state index in [2.05, 4.69) is 15.0 Å². The van der Waals surface area contributed by atoms with Gasteiger partial charge in [0.25, 0.3) is 6.01 Å². The monoisotopic (exact) mass is 395 g/mol. The number of nitrogens with one attached hydrogen (secondary N) is 1. The topological polar surface area (TPSA) is 98.7 Å². The van der Waals surface area contributed by atoms with Gasteiger partial charge in [-0.05, 0) is 31.7 Å². The predicted molar refractivity (Wildman–Crippen MR) is 96.1 cm³/mol. The van der Waals surface area contributed by atoms with Gasteiger partial charge in [-0.2, -0.15) is 4.98 Å². The molecule has 0 amide bonds. The van der Waals surface area contributed by atoms with Crippen LogP contribution in [0.25, 0.3) is 11.2 Å². The van der Waals surface area contributed by atoms with E-state index in [1.54, 1.807) is 0 Å². The molecule has 2 N–H and O–H groups in total. The highest BCUT2D eigenvalue weighted by Gasteiger charge is 2.48. The van der Waals surface area contributed by atoms with E-state index in [4.69, 9.17) is 30.5 Å². The van der Waals surface area contributed by atoms with Crippen molar-refractivity contribution >= 4 is 22.8 Å². The standard InChI is InChI=1S/C18H22ClN3O5/c19-10-6-12-17(20-11(10)4-3-9-2-1-5-24-9)22-18(21-12)27-14-8-26-15-13(23)7-25-16(14)15/h6,9,13-16,23H,1-5,7-8H2,(H,20,21,22)/t9?,13-,14-,15-,16-/m1/s1. The van der Waals surface area contributed by atoms with Crippen molar-refractivity contribution in [3.8, 4) is 6.01 Å². The molecule has 0 radical (unpaired) electrons. The van der Waals surface area contributed by atoms with Crippen LogP contribution in [0.2, 0.25) is 5.02 Å². The maximum atomic E-state index is 9.83. The molecule has 3 aliphatic rings. The molecule has 9 heteroatoms. The Hall–Kier alpha value is -1.45. The fourth-order valence-corrected chi connectivity index (χ4v) is 4.27. The molecule has 2 aromatic heterocycles. The molecule has 0 bridgehead atoms. The largest absolute Gasteiger partial charge is 0.456 e. The smallest absolute Gasteiger partial charge is 0.296 e. The van der Waals surface area contributed by atoms with Crippen LogP contribution in [0.4, 0.5) is 0 Å². The summed E-state index contributed by atoms with van der Waals surface area (Å²) >= 11 is 6.40. The van der Waals surface area contributed by atoms with Crippen molar-refractivity contribution in [3.63, 3.8) is 0 Å². The normalized spacial score (nSPS) is 33.0. The molecule has 3 fully saturated rings. The summed E-state index contributed by atoms with van der Waals surface area (Å²) in [6, 6.07) is 2.18. The van der Waals surface area contributed by atoms with Gasteiger partial charge in [0.2, 0.25) is 0 Å². The zero-order valence-corrected chi connectivity index (χ0v) is 15.5. The van der Waals surface area contributed by atoms with E-state index in [9.17, 15) is 5.11 Å². The Bertz CT molecular complexity index is 825. The molecule has 0 spiro atoms. The zero-order chi connectivity index (χ0) is 18.4. The molecular weight excluding hydrogens is 374 g/mol. The molecule has 8 nitrogen and oxygen atoms in total. The number of hydrogen-bond donors (Lipinski definition) is 2. The highest BCUT2D eigenvalue weighted by molar-refractivity contribution is 6.31. The summed E-state index contributed by atoms with van der Waals surface area (Å²) in [5.41, 5.74) is 2.11. The first-order valence-electron chi connectivity index (χ1n) is 9.42. The van der Waals surface area contributed by atoms with Gasteiger partial charge in [0.05, 0.1) is 35.6 Å². The maximum absolute atomic E-state index is 9.83. The molecular formula is C18H22ClN3O5. The van der Waals surface area contributed by atoms with Gasteiger partial charge in [-0.3, -0.25) is 0 Å². The van der Waals surface area contributed by atoms with Crippen molar-refractivity contribution in [3.05, 3.63) is 16.8 Å². The van der Waals surface area contributed by atoms with Crippen LogP contribution in [-0.2, 0) is 20.6 Å². The Morgan fingerprint density at radius 3 is 2.96 bits per heavy atom. The lowest BCUT2D eigenvalue weighted by atomic mass is 10.1. The average Bonchev–Trinajstić information content (AvgIpc) is 3.41. The Labute approximate surface area is 161 Å². The molecule has 3 saturated heterocycles. The van der Waals surface area contributed by atoms with Crippen molar-refractivity contribution < 1.29 is 24.1 Å². The third kappa shape index (κ3) is 3.40. The van der Waals surface area contributed by atoms with E-state index < -0.39 is 6.10 Å². The lowest BCUT2D eigenvalue weighted by Crippen LogP contribution is -2.34. The molecule has 0 aromatic carbocycles. The maximum Gasteiger partial charge on any atom is 0.296 e. The van der Waals surface area contributed by atoms with Crippen molar-refractivity contribution in [2.45, 2.75) is 56.2 Å². The molecule has 2 aromatic rings. The lowest BCUT2D eigenvalue weighted by molar-refractivity contribution is 0.00706. The predicted octanol–water partition coefficient (Wildman–Crippen LogP) is 1.63. The Kier molecular flexibility index (Phi) is 4.69. The molecule has 3 aliphatic heterocycles. The van der Waals surface area contributed by atoms with Crippen LogP contribution in [0.5, 0.6) is 6.01 Å². The minimum Gasteiger partial charge on any atom is -0.456 e. The summed E-state index contributed by atoms with van der Waals surface area (Å²) in [7, 11) is 0. The average molecular weight is 396 g/mol. The van der Waals surface area contributed by atoms with Crippen molar-refractivity contribution in [1.82, 2.24) is 15.0 Å². The number of hydrogen-bond acceptors (Lipinski definition) is 7. The Balaban J connectivity index is 1.30. The highest BCUT2D eigenvalue weighted by Crippen LogP contribution is 2.30. The molecule has 5 atom stereocenters. The van der Waals surface area contributed by atoms with Crippen LogP contribution >= 0.6 is 11.6 Å². The number of pyridine rings is 1. The Morgan fingerprint density at radius 2 is 2.11 bits per heavy atom. The van der Waals surface area contributed by atoms with E-state index >= 15 is 0 Å². The van der Waals surface area contributed by atoms with Gasteiger partial charge in [-0.15, -0.1) is 0 Å². The van der Waals surface area contributed by atoms with Gasteiger partial charge < -0.3 is 29.0 Å². The number of aliphatic hydroxyl groups is 1. The number of rotatable bonds is 5. The van der Waals surface area contributed by atoms with Crippen LogP contribution in [0, 0.1) is 0 Å². The van der Waals surface area contributed by atoms with Gasteiger partial charge in [-0.1, -0.05) is 11.6 Å². The van der Waals surface area contributed by atoms with Gasteiger partial charge in [0.15, 0.2) is 11.8 Å². The number of aliphatic hydroxyl groups excluding tert-OH is 1. The molecule has 0 saturated carbocycles. The summed E-state index contributed by atoms with van der Waals surface area (Å²) < 4.78 is 22.7. The van der Waals surface area contributed by atoms with Crippen LogP contribution in [0.3, 0.4) is 0 Å². The lowest BCUT2D eigenvalue weighted by Gasteiger charge is -2.15.